The first kappa shape index (κ1) is 12.8. The van der Waals surface area contributed by atoms with Gasteiger partial charge in [-0.25, -0.2) is 8.78 Å². The molecule has 4 heteroatoms. The molecular weight excluding hydrogens is 226 g/mol. The van der Waals surface area contributed by atoms with Gasteiger partial charge in [0.25, 0.3) is 0 Å². The van der Waals surface area contributed by atoms with Crippen LogP contribution in [0.2, 0.25) is 0 Å². The lowest BCUT2D eigenvalue weighted by Crippen LogP contribution is -2.29. The van der Waals surface area contributed by atoms with E-state index in [2.05, 4.69) is 0 Å². The third-order valence-corrected chi connectivity index (χ3v) is 3.89. The molecule has 0 spiro atoms. The number of esters is 1. The van der Waals surface area contributed by atoms with Gasteiger partial charge >= 0.3 is 5.97 Å². The van der Waals surface area contributed by atoms with Gasteiger partial charge in [0.1, 0.15) is 0 Å². The Kier molecular flexibility index (Phi) is 4.00. The molecule has 2 aliphatic carbocycles. The number of hydrogen-bond donors (Lipinski definition) is 0. The minimum atomic E-state index is -2.55. The van der Waals surface area contributed by atoms with Crippen molar-refractivity contribution in [1.82, 2.24) is 0 Å². The second kappa shape index (κ2) is 5.32. The summed E-state index contributed by atoms with van der Waals surface area (Å²) in [4.78, 5) is 11.6. The Hall–Kier alpha value is -0.670. The van der Waals surface area contributed by atoms with E-state index in [0.29, 0.717) is 6.42 Å². The standard InChI is InChI=1S/C13H20F2O2/c14-13(15)7-3-4-10(8-13)9-17-12(16)11-5-1-2-6-11/h10-11H,1-9H2/t10-/m1/s1. The van der Waals surface area contributed by atoms with Gasteiger partial charge in [0.05, 0.1) is 12.5 Å². The number of rotatable bonds is 3. The van der Waals surface area contributed by atoms with Crippen LogP contribution in [0.5, 0.6) is 0 Å². The van der Waals surface area contributed by atoms with Crippen molar-refractivity contribution in [3.8, 4) is 0 Å². The van der Waals surface area contributed by atoms with E-state index >= 15 is 0 Å². The highest BCUT2D eigenvalue weighted by Gasteiger charge is 2.37. The molecule has 0 aliphatic heterocycles. The van der Waals surface area contributed by atoms with Crippen LogP contribution in [-0.4, -0.2) is 18.5 Å². The fourth-order valence-electron chi connectivity index (χ4n) is 2.90. The Labute approximate surface area is 101 Å². The zero-order chi connectivity index (χ0) is 12.3. The normalized spacial score (nSPS) is 29.2. The van der Waals surface area contributed by atoms with Crippen molar-refractivity contribution in [2.45, 2.75) is 57.3 Å². The predicted molar refractivity (Wildman–Crippen MR) is 59.8 cm³/mol. The Morgan fingerprint density at radius 1 is 1.18 bits per heavy atom. The van der Waals surface area contributed by atoms with Gasteiger partial charge in [0, 0.05) is 12.8 Å². The fourth-order valence-corrected chi connectivity index (χ4v) is 2.90. The Morgan fingerprint density at radius 2 is 1.88 bits per heavy atom. The number of carbonyl (C=O) groups is 1. The summed E-state index contributed by atoms with van der Waals surface area (Å²) in [6.45, 7) is 0.185. The number of carbonyl (C=O) groups excluding carboxylic acids is 1. The highest BCUT2D eigenvalue weighted by Crippen LogP contribution is 2.37. The molecule has 0 saturated heterocycles. The zero-order valence-electron chi connectivity index (χ0n) is 10.1. The van der Waals surface area contributed by atoms with Crippen LogP contribution in [0.15, 0.2) is 0 Å². The van der Waals surface area contributed by atoms with Gasteiger partial charge in [0.2, 0.25) is 5.92 Å². The molecule has 2 fully saturated rings. The van der Waals surface area contributed by atoms with E-state index in [4.69, 9.17) is 4.74 Å². The summed E-state index contributed by atoms with van der Waals surface area (Å²) < 4.78 is 31.5. The first-order valence-electron chi connectivity index (χ1n) is 6.61. The smallest absolute Gasteiger partial charge is 0.308 e. The molecule has 1 atom stereocenters. The topological polar surface area (TPSA) is 26.3 Å². The molecule has 0 radical (unpaired) electrons. The molecule has 0 amide bonds. The highest BCUT2D eigenvalue weighted by atomic mass is 19.3. The van der Waals surface area contributed by atoms with Crippen LogP contribution in [-0.2, 0) is 9.53 Å². The summed E-state index contributed by atoms with van der Waals surface area (Å²) in [6, 6.07) is 0. The number of halogens is 2. The molecule has 0 bridgehead atoms. The number of hydrogen-bond acceptors (Lipinski definition) is 2. The fraction of sp³-hybridized carbons (Fsp3) is 0.923. The lowest BCUT2D eigenvalue weighted by atomic mass is 9.87. The van der Waals surface area contributed by atoms with Crippen molar-refractivity contribution in [2.24, 2.45) is 11.8 Å². The molecule has 0 aromatic carbocycles. The van der Waals surface area contributed by atoms with E-state index in [1.54, 1.807) is 0 Å². The summed E-state index contributed by atoms with van der Waals surface area (Å²) in [7, 11) is 0. The van der Waals surface area contributed by atoms with Crippen LogP contribution in [0, 0.1) is 11.8 Å². The monoisotopic (exact) mass is 246 g/mol. The molecule has 0 heterocycles. The van der Waals surface area contributed by atoms with Gasteiger partial charge in [-0.3, -0.25) is 4.79 Å². The second-order valence-corrected chi connectivity index (χ2v) is 5.43. The molecule has 2 saturated carbocycles. The first-order valence-corrected chi connectivity index (χ1v) is 6.61. The third kappa shape index (κ3) is 3.65. The first-order chi connectivity index (χ1) is 8.07. The van der Waals surface area contributed by atoms with Crippen molar-refractivity contribution in [1.29, 1.82) is 0 Å². The highest BCUT2D eigenvalue weighted by molar-refractivity contribution is 5.72. The van der Waals surface area contributed by atoms with Gasteiger partial charge in [-0.2, -0.15) is 0 Å². The lowest BCUT2D eigenvalue weighted by molar-refractivity contribution is -0.152. The Morgan fingerprint density at radius 3 is 2.53 bits per heavy atom. The van der Waals surface area contributed by atoms with Crippen LogP contribution in [0.4, 0.5) is 8.78 Å². The van der Waals surface area contributed by atoms with E-state index in [-0.39, 0.29) is 37.3 Å². The predicted octanol–water partition coefficient (Wildman–Crippen LogP) is 3.55. The van der Waals surface area contributed by atoms with E-state index in [1.165, 1.54) is 0 Å². The summed E-state index contributed by atoms with van der Waals surface area (Å²) in [5.41, 5.74) is 0. The summed E-state index contributed by atoms with van der Waals surface area (Å²) >= 11 is 0. The van der Waals surface area contributed by atoms with Crippen molar-refractivity contribution in [3.63, 3.8) is 0 Å². The van der Waals surface area contributed by atoms with Crippen molar-refractivity contribution in [3.05, 3.63) is 0 Å². The molecule has 2 nitrogen and oxygen atoms in total. The SMILES string of the molecule is O=C(OC[C@@H]1CCCC(F)(F)C1)C1CCCC1. The third-order valence-electron chi connectivity index (χ3n) is 3.89. The maximum atomic E-state index is 13.1. The van der Waals surface area contributed by atoms with Crippen LogP contribution < -0.4 is 0 Å². The van der Waals surface area contributed by atoms with Crippen molar-refractivity contribution in [2.75, 3.05) is 6.61 Å². The molecule has 0 aromatic heterocycles. The van der Waals surface area contributed by atoms with Gasteiger partial charge < -0.3 is 4.74 Å². The van der Waals surface area contributed by atoms with Crippen LogP contribution >= 0.6 is 0 Å². The minimum Gasteiger partial charge on any atom is -0.465 e. The Balaban J connectivity index is 1.72. The number of ether oxygens (including phenoxy) is 1. The van der Waals surface area contributed by atoms with Crippen LogP contribution in [0.1, 0.15) is 51.4 Å². The van der Waals surface area contributed by atoms with Crippen LogP contribution in [0.3, 0.4) is 0 Å². The second-order valence-electron chi connectivity index (χ2n) is 5.43. The van der Waals surface area contributed by atoms with Gasteiger partial charge in [-0.05, 0) is 31.6 Å². The summed E-state index contributed by atoms with van der Waals surface area (Å²) in [6.07, 6.45) is 5.14. The number of alkyl halides is 2. The zero-order valence-corrected chi connectivity index (χ0v) is 10.1. The van der Waals surface area contributed by atoms with Gasteiger partial charge in [0.15, 0.2) is 0 Å². The lowest BCUT2D eigenvalue weighted by Gasteiger charge is -2.28. The molecule has 2 rings (SSSR count). The molecule has 17 heavy (non-hydrogen) atoms. The van der Waals surface area contributed by atoms with E-state index in [1.807, 2.05) is 0 Å². The van der Waals surface area contributed by atoms with E-state index in [0.717, 1.165) is 32.1 Å². The average Bonchev–Trinajstić information content (AvgIpc) is 2.78. The van der Waals surface area contributed by atoms with Crippen molar-refractivity contribution >= 4 is 5.97 Å². The van der Waals surface area contributed by atoms with Crippen LogP contribution in [0.25, 0.3) is 0 Å². The largest absolute Gasteiger partial charge is 0.465 e. The molecule has 98 valence electrons. The van der Waals surface area contributed by atoms with Gasteiger partial charge in [-0.15, -0.1) is 0 Å². The minimum absolute atomic E-state index is 0.0138. The van der Waals surface area contributed by atoms with Crippen molar-refractivity contribution < 1.29 is 18.3 Å². The molecule has 0 aromatic rings. The maximum Gasteiger partial charge on any atom is 0.308 e. The quantitative estimate of drug-likeness (QED) is 0.712. The van der Waals surface area contributed by atoms with E-state index in [9.17, 15) is 13.6 Å². The molecule has 0 N–H and O–H groups in total. The molecular formula is C13H20F2O2. The summed E-state index contributed by atoms with van der Waals surface area (Å²) in [5.74, 6) is -2.84. The summed E-state index contributed by atoms with van der Waals surface area (Å²) in [5, 5.41) is 0. The molecule has 2 aliphatic rings. The molecule has 0 unspecified atom stereocenters. The maximum absolute atomic E-state index is 13.1. The Bertz CT molecular complexity index is 273. The van der Waals surface area contributed by atoms with Gasteiger partial charge in [-0.1, -0.05) is 12.8 Å². The average molecular weight is 246 g/mol. The van der Waals surface area contributed by atoms with E-state index < -0.39 is 5.92 Å².